The molecule has 0 bridgehead atoms. The van der Waals surface area contributed by atoms with Gasteiger partial charge in [-0.15, -0.1) is 11.3 Å². The number of halogens is 1. The van der Waals surface area contributed by atoms with E-state index in [1.54, 1.807) is 12.1 Å². The van der Waals surface area contributed by atoms with Crippen molar-refractivity contribution in [2.75, 3.05) is 4.72 Å². The summed E-state index contributed by atoms with van der Waals surface area (Å²) in [4.78, 5) is 0. The van der Waals surface area contributed by atoms with Gasteiger partial charge in [-0.3, -0.25) is 4.72 Å². The Morgan fingerprint density at radius 2 is 2.00 bits per heavy atom. The van der Waals surface area contributed by atoms with Crippen LogP contribution in [0.4, 0.5) is 5.69 Å². The lowest BCUT2D eigenvalue weighted by atomic mass is 10.1. The van der Waals surface area contributed by atoms with Gasteiger partial charge < -0.3 is 10.3 Å². The fourth-order valence-corrected chi connectivity index (χ4v) is 5.02. The van der Waals surface area contributed by atoms with Crippen molar-refractivity contribution >= 4 is 49.6 Å². The average Bonchev–Trinajstić information content (AvgIpc) is 3.04. The van der Waals surface area contributed by atoms with E-state index in [9.17, 15) is 8.42 Å². The van der Waals surface area contributed by atoms with E-state index in [1.807, 2.05) is 38.2 Å². The molecule has 2 aromatic heterocycles. The minimum absolute atomic E-state index is 0.190. The van der Waals surface area contributed by atoms with Crippen LogP contribution in [0.15, 0.2) is 46.8 Å². The zero-order valence-corrected chi connectivity index (χ0v) is 15.7. The third kappa shape index (κ3) is 3.75. The normalized spacial score (nSPS) is 12.7. The largest absolute Gasteiger partial charge is 0.346 e. The highest BCUT2D eigenvalue weighted by Gasteiger charge is 2.18. The predicted molar refractivity (Wildman–Crippen MR) is 100 cm³/mol. The molecule has 24 heavy (non-hydrogen) atoms. The molecule has 0 fully saturated rings. The predicted octanol–water partition coefficient (Wildman–Crippen LogP) is 3.89. The highest BCUT2D eigenvalue weighted by Crippen LogP contribution is 2.28. The number of hydrogen-bond donors (Lipinski definition) is 2. The van der Waals surface area contributed by atoms with E-state index in [1.165, 1.54) is 6.07 Å². The molecule has 3 aromatic rings. The van der Waals surface area contributed by atoms with Gasteiger partial charge in [-0.1, -0.05) is 11.6 Å². The fourth-order valence-electron chi connectivity index (χ4n) is 2.49. The molecule has 5 nitrogen and oxygen atoms in total. The number of thiophene rings is 1. The van der Waals surface area contributed by atoms with Crippen LogP contribution in [0.25, 0.3) is 10.9 Å². The Labute approximate surface area is 150 Å². The van der Waals surface area contributed by atoms with E-state index in [2.05, 4.69) is 9.29 Å². The zero-order chi connectivity index (χ0) is 17.5. The third-order valence-corrected chi connectivity index (χ3v) is 6.52. The Bertz CT molecular complexity index is 984. The molecule has 0 amide bonds. The van der Waals surface area contributed by atoms with Crippen LogP contribution >= 0.6 is 22.9 Å². The molecule has 0 saturated carbocycles. The standard InChI is InChI=1S/C16H18ClN3O2S2/c1-16(2,18)10-20-8-7-11-9-12(3-4-13(11)20)19-24(21,22)15-6-5-14(17)23-15/h3-9,19H,10,18H2,1-2H3. The molecule has 0 radical (unpaired) electrons. The number of anilines is 1. The second-order valence-corrected chi connectivity index (χ2v) is 9.99. The first-order valence-electron chi connectivity index (χ1n) is 7.30. The first kappa shape index (κ1) is 17.3. The molecule has 1 aromatic carbocycles. The maximum Gasteiger partial charge on any atom is 0.271 e. The van der Waals surface area contributed by atoms with Crippen molar-refractivity contribution in [2.24, 2.45) is 5.73 Å². The molecule has 0 atom stereocenters. The minimum atomic E-state index is -3.63. The summed E-state index contributed by atoms with van der Waals surface area (Å²) in [5, 5.41) is 0.948. The van der Waals surface area contributed by atoms with Crippen LogP contribution in [0.5, 0.6) is 0 Å². The summed E-state index contributed by atoms with van der Waals surface area (Å²) in [5.41, 5.74) is 7.27. The number of sulfonamides is 1. The SMILES string of the molecule is CC(C)(N)Cn1ccc2cc(NS(=O)(=O)c3ccc(Cl)s3)ccc21. The summed E-state index contributed by atoms with van der Waals surface area (Å²) < 4.78 is 30.0. The highest BCUT2D eigenvalue weighted by atomic mass is 35.5. The van der Waals surface area contributed by atoms with Crippen LogP contribution in [0.2, 0.25) is 4.34 Å². The topological polar surface area (TPSA) is 77.1 Å². The number of nitrogens with zero attached hydrogens (tertiary/aromatic N) is 1. The van der Waals surface area contributed by atoms with Gasteiger partial charge in [-0.05, 0) is 50.2 Å². The van der Waals surface area contributed by atoms with Crippen LogP contribution < -0.4 is 10.5 Å². The molecule has 0 aliphatic rings. The van der Waals surface area contributed by atoms with Crippen molar-refractivity contribution in [1.82, 2.24) is 4.57 Å². The molecule has 3 rings (SSSR count). The molecule has 0 aliphatic carbocycles. The second kappa shape index (κ2) is 6.07. The quantitative estimate of drug-likeness (QED) is 0.701. The van der Waals surface area contributed by atoms with Crippen molar-refractivity contribution < 1.29 is 8.42 Å². The van der Waals surface area contributed by atoms with Crippen LogP contribution in [0.3, 0.4) is 0 Å². The van der Waals surface area contributed by atoms with Gasteiger partial charge in [-0.25, -0.2) is 8.42 Å². The Kier molecular flexibility index (Phi) is 4.37. The lowest BCUT2D eigenvalue weighted by Gasteiger charge is -2.20. The first-order chi connectivity index (χ1) is 11.1. The number of nitrogens with two attached hydrogens (primary N) is 1. The molecule has 0 aliphatic heterocycles. The lowest BCUT2D eigenvalue weighted by Crippen LogP contribution is -2.36. The monoisotopic (exact) mass is 383 g/mol. The van der Waals surface area contributed by atoms with Gasteiger partial charge in [0.25, 0.3) is 10.0 Å². The number of hydrogen-bond acceptors (Lipinski definition) is 4. The van der Waals surface area contributed by atoms with E-state index in [0.717, 1.165) is 22.2 Å². The molecule has 0 spiro atoms. The van der Waals surface area contributed by atoms with Gasteiger partial charge in [0.1, 0.15) is 4.21 Å². The van der Waals surface area contributed by atoms with Gasteiger partial charge in [-0.2, -0.15) is 0 Å². The molecule has 0 unspecified atom stereocenters. The average molecular weight is 384 g/mol. The van der Waals surface area contributed by atoms with E-state index in [4.69, 9.17) is 17.3 Å². The molecule has 2 heterocycles. The van der Waals surface area contributed by atoms with E-state index >= 15 is 0 Å². The van der Waals surface area contributed by atoms with Crippen molar-refractivity contribution in [2.45, 2.75) is 30.1 Å². The summed E-state index contributed by atoms with van der Waals surface area (Å²) in [6.07, 6.45) is 1.95. The maximum absolute atomic E-state index is 12.4. The van der Waals surface area contributed by atoms with Gasteiger partial charge >= 0.3 is 0 Å². The third-order valence-electron chi connectivity index (χ3n) is 3.41. The first-order valence-corrected chi connectivity index (χ1v) is 9.98. The summed E-state index contributed by atoms with van der Waals surface area (Å²) >= 11 is 6.84. The Hall–Kier alpha value is -1.54. The number of fused-ring (bicyclic) bond motifs is 1. The van der Waals surface area contributed by atoms with Gasteiger partial charge in [0.2, 0.25) is 0 Å². The second-order valence-electron chi connectivity index (χ2n) is 6.37. The summed E-state index contributed by atoms with van der Waals surface area (Å²) in [6.45, 7) is 4.61. The molecule has 3 N–H and O–H groups in total. The smallest absolute Gasteiger partial charge is 0.271 e. The van der Waals surface area contributed by atoms with Crippen molar-refractivity contribution in [3.05, 3.63) is 46.9 Å². The Balaban J connectivity index is 1.89. The zero-order valence-electron chi connectivity index (χ0n) is 13.3. The van der Waals surface area contributed by atoms with Crippen LogP contribution in [0.1, 0.15) is 13.8 Å². The number of nitrogens with one attached hydrogen (secondary N) is 1. The highest BCUT2D eigenvalue weighted by molar-refractivity contribution is 7.94. The van der Waals surface area contributed by atoms with Crippen molar-refractivity contribution in [1.29, 1.82) is 0 Å². The minimum Gasteiger partial charge on any atom is -0.346 e. The van der Waals surface area contributed by atoms with Crippen LogP contribution in [-0.2, 0) is 16.6 Å². The Morgan fingerprint density at radius 3 is 2.62 bits per heavy atom. The molecule has 8 heteroatoms. The molecule has 128 valence electrons. The molecular formula is C16H18ClN3O2S2. The summed E-state index contributed by atoms with van der Waals surface area (Å²) in [6, 6.07) is 10.4. The fraction of sp³-hybridized carbons (Fsp3) is 0.250. The number of aromatic nitrogens is 1. The molecular weight excluding hydrogens is 366 g/mol. The van der Waals surface area contributed by atoms with Crippen molar-refractivity contribution in [3.63, 3.8) is 0 Å². The Morgan fingerprint density at radius 1 is 1.25 bits per heavy atom. The summed E-state index contributed by atoms with van der Waals surface area (Å²) in [5.74, 6) is 0. The maximum atomic E-state index is 12.4. The van der Waals surface area contributed by atoms with Gasteiger partial charge in [0.05, 0.1) is 4.34 Å². The van der Waals surface area contributed by atoms with Crippen molar-refractivity contribution in [3.8, 4) is 0 Å². The van der Waals surface area contributed by atoms with E-state index in [0.29, 0.717) is 16.6 Å². The van der Waals surface area contributed by atoms with E-state index < -0.39 is 10.0 Å². The number of benzene rings is 1. The van der Waals surface area contributed by atoms with Crippen LogP contribution in [0, 0.1) is 0 Å². The van der Waals surface area contributed by atoms with Gasteiger partial charge in [0, 0.05) is 34.9 Å². The van der Waals surface area contributed by atoms with E-state index in [-0.39, 0.29) is 9.75 Å². The summed E-state index contributed by atoms with van der Waals surface area (Å²) in [7, 11) is -3.63. The number of rotatable bonds is 5. The molecule has 0 saturated heterocycles. The lowest BCUT2D eigenvalue weighted by molar-refractivity contribution is 0.441. The van der Waals surface area contributed by atoms with Crippen LogP contribution in [-0.4, -0.2) is 18.5 Å². The van der Waals surface area contributed by atoms with Gasteiger partial charge in [0.15, 0.2) is 0 Å².